The van der Waals surface area contributed by atoms with E-state index in [1.54, 1.807) is 28.2 Å². The van der Waals surface area contributed by atoms with Crippen LogP contribution in [-0.4, -0.2) is 40.7 Å². The number of nitrogens with zero attached hydrogens (tertiary/aromatic N) is 2. The number of carbonyl (C=O) groups excluding carboxylic acids is 3. The largest absolute Gasteiger partial charge is 0.467 e. The van der Waals surface area contributed by atoms with Crippen LogP contribution in [0.4, 0.5) is 4.79 Å². The quantitative estimate of drug-likeness (QED) is 0.512. The summed E-state index contributed by atoms with van der Waals surface area (Å²) in [5, 5.41) is 5.95. The van der Waals surface area contributed by atoms with Crippen LogP contribution in [0.5, 0.6) is 0 Å². The van der Waals surface area contributed by atoms with Gasteiger partial charge in [0.2, 0.25) is 5.91 Å². The first kappa shape index (κ1) is 24.4. The van der Waals surface area contributed by atoms with Gasteiger partial charge in [-0.15, -0.1) is 0 Å². The Labute approximate surface area is 215 Å². The van der Waals surface area contributed by atoms with Crippen molar-refractivity contribution in [2.75, 3.05) is 13.1 Å². The van der Waals surface area contributed by atoms with Gasteiger partial charge in [0.05, 0.1) is 36.7 Å². The molecule has 8 heteroatoms. The van der Waals surface area contributed by atoms with Gasteiger partial charge >= 0.3 is 6.03 Å². The lowest BCUT2D eigenvalue weighted by Crippen LogP contribution is -2.47. The van der Waals surface area contributed by atoms with Gasteiger partial charge in [-0.1, -0.05) is 54.1 Å². The van der Waals surface area contributed by atoms with Crippen LogP contribution in [0.3, 0.4) is 0 Å². The molecule has 2 unspecified atom stereocenters. The molecule has 190 valence electrons. The average Bonchev–Trinajstić information content (AvgIpc) is 3.52. The Kier molecular flexibility index (Phi) is 6.56. The second-order valence-corrected chi connectivity index (χ2v) is 9.39. The molecule has 37 heavy (non-hydrogen) atoms. The van der Waals surface area contributed by atoms with E-state index < -0.39 is 12.1 Å². The summed E-state index contributed by atoms with van der Waals surface area (Å²) in [6.07, 6.45) is 1.55. The van der Waals surface area contributed by atoms with Crippen LogP contribution in [0, 0.1) is 13.8 Å². The number of amides is 4. The summed E-state index contributed by atoms with van der Waals surface area (Å²) in [5.74, 6) is 0.0359. The highest BCUT2D eigenvalue weighted by Gasteiger charge is 2.47. The molecule has 0 radical (unpaired) electrons. The predicted octanol–water partition coefficient (Wildman–Crippen LogP) is 4.14. The van der Waals surface area contributed by atoms with E-state index in [0.29, 0.717) is 29.1 Å². The Bertz CT molecular complexity index is 1360. The molecule has 2 N–H and O–H groups in total. The lowest BCUT2D eigenvalue weighted by molar-refractivity contribution is -0.136. The van der Waals surface area contributed by atoms with Crippen LogP contribution in [0.15, 0.2) is 82.6 Å². The van der Waals surface area contributed by atoms with E-state index in [1.165, 1.54) is 0 Å². The molecule has 0 bridgehead atoms. The summed E-state index contributed by atoms with van der Waals surface area (Å²) in [5.41, 5.74) is 4.80. The summed E-state index contributed by atoms with van der Waals surface area (Å²) in [6.45, 7) is 6.63. The minimum absolute atomic E-state index is 0.157. The van der Waals surface area contributed by atoms with Gasteiger partial charge in [-0.3, -0.25) is 14.5 Å². The van der Waals surface area contributed by atoms with Gasteiger partial charge in [0.25, 0.3) is 5.91 Å². The van der Waals surface area contributed by atoms with Crippen LogP contribution in [0.25, 0.3) is 0 Å². The maximum atomic E-state index is 14.1. The predicted molar refractivity (Wildman–Crippen MR) is 138 cm³/mol. The lowest BCUT2D eigenvalue weighted by atomic mass is 9.91. The van der Waals surface area contributed by atoms with Crippen molar-refractivity contribution in [2.24, 2.45) is 0 Å². The summed E-state index contributed by atoms with van der Waals surface area (Å²) in [4.78, 5) is 44.0. The van der Waals surface area contributed by atoms with E-state index in [0.717, 1.165) is 16.7 Å². The van der Waals surface area contributed by atoms with Crippen molar-refractivity contribution in [3.63, 3.8) is 0 Å². The summed E-state index contributed by atoms with van der Waals surface area (Å²) in [7, 11) is 0. The molecule has 8 nitrogen and oxygen atoms in total. The molecule has 2 aromatic carbocycles. The first-order valence-electron chi connectivity index (χ1n) is 12.4. The van der Waals surface area contributed by atoms with Crippen molar-refractivity contribution in [3.8, 4) is 0 Å². The molecule has 2 aliphatic heterocycles. The smallest absolute Gasteiger partial charge is 0.322 e. The van der Waals surface area contributed by atoms with Crippen molar-refractivity contribution < 1.29 is 18.8 Å². The summed E-state index contributed by atoms with van der Waals surface area (Å²) < 4.78 is 5.36. The minimum atomic E-state index is -0.872. The van der Waals surface area contributed by atoms with Gasteiger partial charge in [0.15, 0.2) is 0 Å². The fourth-order valence-corrected chi connectivity index (χ4v) is 5.23. The van der Waals surface area contributed by atoms with E-state index in [1.807, 2.05) is 69.3 Å². The zero-order valence-electron chi connectivity index (χ0n) is 21.2. The fraction of sp³-hybridized carbons (Fsp3) is 0.276. The number of aryl methyl sites for hydroxylation is 2. The topological polar surface area (TPSA) is 94.9 Å². The number of carbonyl (C=O) groups is 3. The summed E-state index contributed by atoms with van der Waals surface area (Å²) >= 11 is 0. The number of furan rings is 1. The van der Waals surface area contributed by atoms with Gasteiger partial charge in [-0.2, -0.15) is 0 Å². The van der Waals surface area contributed by atoms with E-state index in [-0.39, 0.29) is 30.9 Å². The molecule has 0 spiro atoms. The molecule has 0 aliphatic carbocycles. The van der Waals surface area contributed by atoms with E-state index in [9.17, 15) is 14.4 Å². The summed E-state index contributed by atoms with van der Waals surface area (Å²) in [6, 6.07) is 17.0. The van der Waals surface area contributed by atoms with Crippen molar-refractivity contribution in [2.45, 2.75) is 39.4 Å². The molecule has 1 aromatic heterocycles. The van der Waals surface area contributed by atoms with Crippen LogP contribution >= 0.6 is 0 Å². The Morgan fingerprint density at radius 3 is 2.57 bits per heavy atom. The van der Waals surface area contributed by atoms with Crippen molar-refractivity contribution in [1.29, 1.82) is 0 Å². The van der Waals surface area contributed by atoms with Gasteiger partial charge in [0, 0.05) is 6.54 Å². The number of likely N-dealkylation sites (N-methyl/N-ethyl adjacent to an activating group) is 1. The van der Waals surface area contributed by atoms with E-state index in [4.69, 9.17) is 4.42 Å². The second kappa shape index (κ2) is 9.97. The van der Waals surface area contributed by atoms with E-state index in [2.05, 4.69) is 10.6 Å². The Morgan fingerprint density at radius 2 is 1.89 bits per heavy atom. The van der Waals surface area contributed by atoms with Crippen LogP contribution in [0.1, 0.15) is 47.0 Å². The van der Waals surface area contributed by atoms with Crippen LogP contribution in [0.2, 0.25) is 0 Å². The normalized spacial score (nSPS) is 18.1. The van der Waals surface area contributed by atoms with Crippen molar-refractivity contribution >= 4 is 17.8 Å². The highest BCUT2D eigenvalue weighted by molar-refractivity contribution is 6.04. The monoisotopic (exact) mass is 498 g/mol. The van der Waals surface area contributed by atoms with Crippen molar-refractivity contribution in [1.82, 2.24) is 20.4 Å². The van der Waals surface area contributed by atoms with Gasteiger partial charge in [0.1, 0.15) is 11.8 Å². The third-order valence-corrected chi connectivity index (χ3v) is 6.99. The molecular weight excluding hydrogens is 468 g/mol. The molecule has 0 saturated heterocycles. The first-order chi connectivity index (χ1) is 17.9. The van der Waals surface area contributed by atoms with Gasteiger partial charge < -0.3 is 20.0 Å². The molecule has 3 heterocycles. The number of hydrogen-bond acceptors (Lipinski definition) is 4. The molecule has 2 atom stereocenters. The Balaban J connectivity index is 1.53. The molecule has 4 amide bonds. The maximum Gasteiger partial charge on any atom is 0.322 e. The zero-order chi connectivity index (χ0) is 26.1. The third-order valence-electron chi connectivity index (χ3n) is 6.99. The van der Waals surface area contributed by atoms with Crippen molar-refractivity contribution in [3.05, 3.63) is 106 Å². The molecule has 2 aliphatic rings. The molecular formula is C29H30N4O4. The fourth-order valence-electron chi connectivity index (χ4n) is 5.23. The zero-order valence-corrected chi connectivity index (χ0v) is 21.2. The SMILES string of the molecule is CCN1C(=O)NC(c2ccc(C)cc2C)C2=C1CN(C(C(=O)NCc1ccco1)c1ccccc1)C2=O. The minimum Gasteiger partial charge on any atom is -0.467 e. The maximum absolute atomic E-state index is 14.1. The standard InChI is InChI=1S/C29H30N4O4/c1-4-32-23-17-33(26(20-9-6-5-7-10-20)27(34)30-16-21-11-8-14-37-21)28(35)24(23)25(31-29(32)36)22-13-12-18(2)15-19(22)3/h5-15,25-26H,4,16-17H2,1-3H3,(H,30,34)(H,31,36). The van der Waals surface area contributed by atoms with Gasteiger partial charge in [-0.05, 0) is 49.6 Å². The number of urea groups is 1. The molecule has 0 fully saturated rings. The van der Waals surface area contributed by atoms with Crippen LogP contribution in [-0.2, 0) is 16.1 Å². The van der Waals surface area contributed by atoms with Crippen LogP contribution < -0.4 is 10.6 Å². The first-order valence-corrected chi connectivity index (χ1v) is 12.4. The number of nitrogens with one attached hydrogen (secondary N) is 2. The molecule has 3 aromatic rings. The average molecular weight is 499 g/mol. The third kappa shape index (κ3) is 4.50. The Hall–Kier alpha value is -4.33. The highest BCUT2D eigenvalue weighted by Crippen LogP contribution is 2.40. The van der Waals surface area contributed by atoms with Gasteiger partial charge in [-0.25, -0.2) is 4.79 Å². The Morgan fingerprint density at radius 1 is 1.11 bits per heavy atom. The number of rotatable bonds is 7. The lowest BCUT2D eigenvalue weighted by Gasteiger charge is -2.33. The second-order valence-electron chi connectivity index (χ2n) is 9.39. The number of hydrogen-bond donors (Lipinski definition) is 2. The highest BCUT2D eigenvalue weighted by atomic mass is 16.3. The number of benzene rings is 2. The molecule has 0 saturated carbocycles. The van der Waals surface area contributed by atoms with E-state index >= 15 is 0 Å². The molecule has 5 rings (SSSR count).